The average Bonchev–Trinajstić information content (AvgIpc) is 3.31. The van der Waals surface area contributed by atoms with Gasteiger partial charge in [-0.2, -0.15) is 0 Å². The summed E-state index contributed by atoms with van der Waals surface area (Å²) < 4.78 is 5.07. The third kappa shape index (κ3) is 6.75. The topological polar surface area (TPSA) is 90.2 Å². The zero-order valence-corrected chi connectivity index (χ0v) is 18.4. The molecule has 0 spiro atoms. The Hall–Kier alpha value is -3.00. The van der Waals surface area contributed by atoms with E-state index in [9.17, 15) is 9.59 Å². The van der Waals surface area contributed by atoms with Gasteiger partial charge in [0.15, 0.2) is 11.7 Å². The highest BCUT2D eigenvalue weighted by molar-refractivity contribution is 6.30. The summed E-state index contributed by atoms with van der Waals surface area (Å²) >= 11 is 6.01. The van der Waals surface area contributed by atoms with Crippen LogP contribution in [0.5, 0.6) is 0 Å². The fraction of sp³-hybridized carbons (Fsp3) is 0.409. The van der Waals surface area contributed by atoms with Crippen molar-refractivity contribution in [1.82, 2.24) is 20.4 Å². The molecule has 1 aliphatic heterocycles. The van der Waals surface area contributed by atoms with E-state index in [0.717, 1.165) is 18.1 Å². The minimum Gasteiger partial charge on any atom is -0.459 e. The first-order chi connectivity index (χ1) is 15.1. The van der Waals surface area contributed by atoms with Gasteiger partial charge in [-0.15, -0.1) is 0 Å². The molecule has 1 saturated heterocycles. The van der Waals surface area contributed by atoms with E-state index in [2.05, 4.69) is 20.5 Å². The second-order valence-corrected chi connectivity index (χ2v) is 7.58. The predicted molar refractivity (Wildman–Crippen MR) is 120 cm³/mol. The van der Waals surface area contributed by atoms with Crippen LogP contribution in [-0.2, 0) is 11.2 Å². The Bertz CT molecular complexity index is 892. The largest absolute Gasteiger partial charge is 0.459 e. The van der Waals surface area contributed by atoms with Crippen molar-refractivity contribution in [2.24, 2.45) is 4.99 Å². The first kappa shape index (κ1) is 22.7. The monoisotopic (exact) mass is 445 g/mol. The van der Waals surface area contributed by atoms with Crippen LogP contribution in [0.25, 0.3) is 0 Å². The van der Waals surface area contributed by atoms with Gasteiger partial charge in [-0.1, -0.05) is 23.7 Å². The Kier molecular flexibility index (Phi) is 8.35. The van der Waals surface area contributed by atoms with Gasteiger partial charge < -0.3 is 24.9 Å². The molecule has 0 atom stereocenters. The van der Waals surface area contributed by atoms with Crippen molar-refractivity contribution in [1.29, 1.82) is 0 Å². The molecule has 1 aromatic heterocycles. The van der Waals surface area contributed by atoms with E-state index in [1.54, 1.807) is 18.2 Å². The number of nitrogens with zero attached hydrogens (tertiary/aromatic N) is 3. The molecule has 9 heteroatoms. The standard InChI is InChI=1S/C22H28ClN5O3/c1-2-24-22(26-9-8-25-21(30)19-7-4-14-31-19)28-12-10-27(11-13-28)20(29)16-17-5-3-6-18(23)15-17/h3-7,14-15H,2,8-13,16H2,1H3,(H,24,26)(H,25,30). The van der Waals surface area contributed by atoms with Crippen LogP contribution in [0.15, 0.2) is 52.1 Å². The number of halogens is 1. The number of aliphatic imine (C=N–C) groups is 1. The van der Waals surface area contributed by atoms with Crippen LogP contribution >= 0.6 is 11.6 Å². The minimum atomic E-state index is -0.253. The van der Waals surface area contributed by atoms with Crippen molar-refractivity contribution in [2.75, 3.05) is 45.8 Å². The summed E-state index contributed by atoms with van der Waals surface area (Å²) in [5, 5.41) is 6.71. The molecular weight excluding hydrogens is 418 g/mol. The van der Waals surface area contributed by atoms with Crippen molar-refractivity contribution in [3.8, 4) is 0 Å². The fourth-order valence-corrected chi connectivity index (χ4v) is 3.57. The van der Waals surface area contributed by atoms with Gasteiger partial charge in [-0.3, -0.25) is 14.6 Å². The van der Waals surface area contributed by atoms with Gasteiger partial charge in [0.05, 0.1) is 19.2 Å². The number of carbonyl (C=O) groups excluding carboxylic acids is 2. The molecule has 0 radical (unpaired) electrons. The summed E-state index contributed by atoms with van der Waals surface area (Å²) in [4.78, 5) is 33.2. The lowest BCUT2D eigenvalue weighted by Gasteiger charge is -2.36. The fourth-order valence-electron chi connectivity index (χ4n) is 3.35. The summed E-state index contributed by atoms with van der Waals surface area (Å²) in [6.07, 6.45) is 1.82. The molecular formula is C22H28ClN5O3. The quantitative estimate of drug-likeness (QED) is 0.386. The van der Waals surface area contributed by atoms with Gasteiger partial charge in [-0.25, -0.2) is 0 Å². The average molecular weight is 446 g/mol. The Morgan fingerprint density at radius 1 is 1.10 bits per heavy atom. The van der Waals surface area contributed by atoms with E-state index >= 15 is 0 Å². The van der Waals surface area contributed by atoms with E-state index in [-0.39, 0.29) is 17.6 Å². The molecule has 1 fully saturated rings. The number of benzene rings is 1. The van der Waals surface area contributed by atoms with E-state index in [1.807, 2.05) is 30.0 Å². The second kappa shape index (κ2) is 11.4. The van der Waals surface area contributed by atoms with Crippen LogP contribution in [0.1, 0.15) is 23.0 Å². The van der Waals surface area contributed by atoms with Crippen molar-refractivity contribution < 1.29 is 14.0 Å². The van der Waals surface area contributed by atoms with Gasteiger partial charge in [0.25, 0.3) is 5.91 Å². The van der Waals surface area contributed by atoms with E-state index in [0.29, 0.717) is 50.7 Å². The Labute approximate surface area is 187 Å². The van der Waals surface area contributed by atoms with Gasteiger partial charge in [-0.05, 0) is 36.8 Å². The van der Waals surface area contributed by atoms with Crippen molar-refractivity contribution in [3.05, 3.63) is 59.0 Å². The molecule has 3 rings (SSSR count). The number of hydrogen-bond donors (Lipinski definition) is 2. The lowest BCUT2D eigenvalue weighted by molar-refractivity contribution is -0.131. The second-order valence-electron chi connectivity index (χ2n) is 7.14. The molecule has 31 heavy (non-hydrogen) atoms. The number of hydrogen-bond acceptors (Lipinski definition) is 4. The summed E-state index contributed by atoms with van der Waals surface area (Å²) in [5.74, 6) is 0.924. The first-order valence-corrected chi connectivity index (χ1v) is 10.8. The first-order valence-electron chi connectivity index (χ1n) is 10.4. The van der Waals surface area contributed by atoms with Crippen LogP contribution in [-0.4, -0.2) is 73.4 Å². The maximum Gasteiger partial charge on any atom is 0.287 e. The molecule has 0 saturated carbocycles. The van der Waals surface area contributed by atoms with Crippen LogP contribution in [0.3, 0.4) is 0 Å². The number of rotatable bonds is 7. The number of piperazine rings is 1. The van der Waals surface area contributed by atoms with Gasteiger partial charge >= 0.3 is 0 Å². The highest BCUT2D eigenvalue weighted by Crippen LogP contribution is 2.13. The van der Waals surface area contributed by atoms with Crippen molar-refractivity contribution >= 4 is 29.4 Å². The number of nitrogens with one attached hydrogen (secondary N) is 2. The molecule has 166 valence electrons. The Balaban J connectivity index is 1.46. The summed E-state index contributed by atoms with van der Waals surface area (Å²) in [6.45, 7) is 6.29. The van der Waals surface area contributed by atoms with Gasteiger partial charge in [0.1, 0.15) is 0 Å². The molecule has 2 amide bonds. The molecule has 2 aromatic rings. The smallest absolute Gasteiger partial charge is 0.287 e. The van der Waals surface area contributed by atoms with E-state index in [1.165, 1.54) is 6.26 Å². The zero-order chi connectivity index (χ0) is 22.1. The molecule has 8 nitrogen and oxygen atoms in total. The molecule has 1 aliphatic rings. The van der Waals surface area contributed by atoms with Crippen LogP contribution < -0.4 is 10.6 Å². The Morgan fingerprint density at radius 2 is 1.87 bits per heavy atom. The number of amides is 2. The molecule has 2 heterocycles. The van der Waals surface area contributed by atoms with Gasteiger partial charge in [0, 0.05) is 44.3 Å². The molecule has 0 unspecified atom stereocenters. The number of furan rings is 1. The van der Waals surface area contributed by atoms with Crippen LogP contribution in [0.2, 0.25) is 5.02 Å². The lowest BCUT2D eigenvalue weighted by atomic mass is 10.1. The molecule has 0 bridgehead atoms. The predicted octanol–water partition coefficient (Wildman–Crippen LogP) is 2.02. The maximum absolute atomic E-state index is 12.6. The van der Waals surface area contributed by atoms with Crippen molar-refractivity contribution in [3.63, 3.8) is 0 Å². The van der Waals surface area contributed by atoms with Crippen LogP contribution in [0, 0.1) is 0 Å². The third-order valence-corrected chi connectivity index (χ3v) is 5.15. The van der Waals surface area contributed by atoms with E-state index in [4.69, 9.17) is 16.0 Å². The highest BCUT2D eigenvalue weighted by atomic mass is 35.5. The van der Waals surface area contributed by atoms with Crippen molar-refractivity contribution in [2.45, 2.75) is 13.3 Å². The lowest BCUT2D eigenvalue weighted by Crippen LogP contribution is -2.54. The van der Waals surface area contributed by atoms with Gasteiger partial charge in [0.2, 0.25) is 5.91 Å². The summed E-state index contributed by atoms with van der Waals surface area (Å²) in [6, 6.07) is 10.7. The summed E-state index contributed by atoms with van der Waals surface area (Å²) in [5.41, 5.74) is 0.923. The van der Waals surface area contributed by atoms with Crippen LogP contribution in [0.4, 0.5) is 0 Å². The normalized spacial score (nSPS) is 14.5. The number of guanidine groups is 1. The third-order valence-electron chi connectivity index (χ3n) is 4.92. The zero-order valence-electron chi connectivity index (χ0n) is 17.6. The molecule has 2 N–H and O–H groups in total. The summed E-state index contributed by atoms with van der Waals surface area (Å²) in [7, 11) is 0. The molecule has 0 aliphatic carbocycles. The SMILES string of the molecule is CCNC(=NCCNC(=O)c1ccco1)N1CCN(C(=O)Cc2cccc(Cl)c2)CC1. The van der Waals surface area contributed by atoms with E-state index < -0.39 is 0 Å². The number of carbonyl (C=O) groups is 2. The highest BCUT2D eigenvalue weighted by Gasteiger charge is 2.23. The molecule has 1 aromatic carbocycles. The minimum absolute atomic E-state index is 0.101. The maximum atomic E-state index is 12.6. The Morgan fingerprint density at radius 3 is 2.55 bits per heavy atom.